The minimum atomic E-state index is 0.683. The molecule has 0 aliphatic carbocycles. The standard InChI is InChI=1S/C19H39N3O/c1-2-3-4-9-17-23-18-12-20-11-10-19(21-13-5-6-14-21)22-15-7-8-16-22/h19-20H,2-18H2,1H3. The Balaban J connectivity index is 1.50. The molecule has 0 aromatic carbocycles. The average Bonchev–Trinajstić information content (AvgIpc) is 3.26. The van der Waals surface area contributed by atoms with Crippen LogP contribution in [0.2, 0.25) is 0 Å². The van der Waals surface area contributed by atoms with Crippen molar-refractivity contribution < 1.29 is 4.74 Å². The fourth-order valence-corrected chi connectivity index (χ4v) is 3.91. The highest BCUT2D eigenvalue weighted by Crippen LogP contribution is 2.21. The highest BCUT2D eigenvalue weighted by Gasteiger charge is 2.28. The van der Waals surface area contributed by atoms with Gasteiger partial charge in [0, 0.05) is 13.2 Å². The number of nitrogens with zero attached hydrogens (tertiary/aromatic N) is 2. The number of hydrogen-bond donors (Lipinski definition) is 1. The van der Waals surface area contributed by atoms with Gasteiger partial charge in [-0.1, -0.05) is 26.2 Å². The van der Waals surface area contributed by atoms with E-state index in [1.54, 1.807) is 0 Å². The van der Waals surface area contributed by atoms with Crippen LogP contribution in [0.5, 0.6) is 0 Å². The van der Waals surface area contributed by atoms with Crippen LogP contribution >= 0.6 is 0 Å². The Hall–Kier alpha value is -0.160. The monoisotopic (exact) mass is 325 g/mol. The Labute approximate surface area is 143 Å². The van der Waals surface area contributed by atoms with Gasteiger partial charge in [-0.2, -0.15) is 0 Å². The van der Waals surface area contributed by atoms with Gasteiger partial charge in [0.1, 0.15) is 0 Å². The van der Waals surface area contributed by atoms with E-state index in [0.717, 1.165) is 26.3 Å². The van der Waals surface area contributed by atoms with Gasteiger partial charge in [-0.05, 0) is 71.2 Å². The van der Waals surface area contributed by atoms with Crippen molar-refractivity contribution in [3.8, 4) is 0 Å². The summed E-state index contributed by atoms with van der Waals surface area (Å²) in [6.07, 6.45) is 12.7. The molecule has 0 aromatic rings. The van der Waals surface area contributed by atoms with Crippen LogP contribution in [-0.2, 0) is 4.74 Å². The highest BCUT2D eigenvalue weighted by molar-refractivity contribution is 4.81. The van der Waals surface area contributed by atoms with Gasteiger partial charge in [-0.3, -0.25) is 9.80 Å². The van der Waals surface area contributed by atoms with Gasteiger partial charge in [-0.15, -0.1) is 0 Å². The molecule has 136 valence electrons. The van der Waals surface area contributed by atoms with E-state index < -0.39 is 0 Å². The summed E-state index contributed by atoms with van der Waals surface area (Å²) >= 11 is 0. The topological polar surface area (TPSA) is 27.7 Å². The Bertz CT molecular complexity index is 260. The highest BCUT2D eigenvalue weighted by atomic mass is 16.5. The predicted octanol–water partition coefficient (Wildman–Crippen LogP) is 3.08. The van der Waals surface area contributed by atoms with Crippen molar-refractivity contribution in [2.24, 2.45) is 0 Å². The molecule has 0 saturated carbocycles. The molecule has 0 aromatic heterocycles. The lowest BCUT2D eigenvalue weighted by Gasteiger charge is -2.35. The lowest BCUT2D eigenvalue weighted by Crippen LogP contribution is -2.47. The molecule has 2 aliphatic heterocycles. The second-order valence-electron chi connectivity index (χ2n) is 7.18. The van der Waals surface area contributed by atoms with Gasteiger partial charge in [0.05, 0.1) is 12.8 Å². The molecule has 2 aliphatic rings. The van der Waals surface area contributed by atoms with E-state index in [2.05, 4.69) is 22.0 Å². The Morgan fingerprint density at radius 1 is 0.826 bits per heavy atom. The van der Waals surface area contributed by atoms with Crippen molar-refractivity contribution in [3.63, 3.8) is 0 Å². The maximum Gasteiger partial charge on any atom is 0.0634 e. The molecule has 23 heavy (non-hydrogen) atoms. The first-order valence-electron chi connectivity index (χ1n) is 10.2. The van der Waals surface area contributed by atoms with Crippen LogP contribution < -0.4 is 5.32 Å². The summed E-state index contributed by atoms with van der Waals surface area (Å²) < 4.78 is 5.70. The Kier molecular flexibility index (Phi) is 10.2. The quantitative estimate of drug-likeness (QED) is 0.527. The van der Waals surface area contributed by atoms with Gasteiger partial charge in [0.2, 0.25) is 0 Å². The molecule has 0 bridgehead atoms. The van der Waals surface area contributed by atoms with E-state index in [1.807, 2.05) is 0 Å². The molecule has 4 heteroatoms. The van der Waals surface area contributed by atoms with E-state index in [-0.39, 0.29) is 0 Å². The minimum absolute atomic E-state index is 0.683. The molecule has 2 rings (SSSR count). The maximum absolute atomic E-state index is 5.70. The third kappa shape index (κ3) is 7.51. The van der Waals surface area contributed by atoms with Gasteiger partial charge < -0.3 is 10.1 Å². The van der Waals surface area contributed by atoms with E-state index in [0.29, 0.717) is 6.17 Å². The van der Waals surface area contributed by atoms with Crippen molar-refractivity contribution >= 4 is 0 Å². The first-order chi connectivity index (χ1) is 11.4. The van der Waals surface area contributed by atoms with Crippen LogP contribution in [0, 0.1) is 0 Å². The summed E-state index contributed by atoms with van der Waals surface area (Å²) in [6.45, 7) is 11.4. The van der Waals surface area contributed by atoms with Crippen LogP contribution in [0.1, 0.15) is 64.7 Å². The molecule has 0 unspecified atom stereocenters. The third-order valence-electron chi connectivity index (χ3n) is 5.27. The van der Waals surface area contributed by atoms with E-state index in [4.69, 9.17) is 4.74 Å². The number of rotatable bonds is 13. The molecule has 2 heterocycles. The fourth-order valence-electron chi connectivity index (χ4n) is 3.91. The summed E-state index contributed by atoms with van der Waals surface area (Å²) in [6, 6.07) is 0. The zero-order valence-corrected chi connectivity index (χ0v) is 15.4. The van der Waals surface area contributed by atoms with Crippen molar-refractivity contribution in [2.45, 2.75) is 70.9 Å². The molecule has 1 N–H and O–H groups in total. The van der Waals surface area contributed by atoms with Crippen molar-refractivity contribution in [1.29, 1.82) is 0 Å². The second-order valence-corrected chi connectivity index (χ2v) is 7.18. The SMILES string of the molecule is CCCCCCOCCNCCC(N1CCCC1)N1CCCC1. The largest absolute Gasteiger partial charge is 0.380 e. The molecule has 0 atom stereocenters. The molecular formula is C19H39N3O. The van der Waals surface area contributed by atoms with Crippen LogP contribution in [0.15, 0.2) is 0 Å². The first kappa shape index (κ1) is 19.2. The second kappa shape index (κ2) is 12.2. The number of ether oxygens (including phenoxy) is 1. The van der Waals surface area contributed by atoms with Crippen molar-refractivity contribution in [2.75, 3.05) is 52.5 Å². The first-order valence-corrected chi connectivity index (χ1v) is 10.2. The Morgan fingerprint density at radius 3 is 2.09 bits per heavy atom. The number of likely N-dealkylation sites (tertiary alicyclic amines) is 2. The average molecular weight is 326 g/mol. The van der Waals surface area contributed by atoms with Gasteiger partial charge in [0.15, 0.2) is 0 Å². The number of unbranched alkanes of at least 4 members (excludes halogenated alkanes) is 3. The number of nitrogens with one attached hydrogen (secondary N) is 1. The van der Waals surface area contributed by atoms with Crippen molar-refractivity contribution in [3.05, 3.63) is 0 Å². The minimum Gasteiger partial charge on any atom is -0.380 e. The van der Waals surface area contributed by atoms with Crippen molar-refractivity contribution in [1.82, 2.24) is 15.1 Å². The van der Waals surface area contributed by atoms with Gasteiger partial charge >= 0.3 is 0 Å². The summed E-state index contributed by atoms with van der Waals surface area (Å²) in [5.74, 6) is 0. The summed E-state index contributed by atoms with van der Waals surface area (Å²) in [5.41, 5.74) is 0. The molecule has 0 radical (unpaired) electrons. The smallest absolute Gasteiger partial charge is 0.0634 e. The van der Waals surface area contributed by atoms with Crippen LogP contribution in [0.3, 0.4) is 0 Å². The molecule has 2 fully saturated rings. The van der Waals surface area contributed by atoms with Crippen LogP contribution in [0.4, 0.5) is 0 Å². The van der Waals surface area contributed by atoms with E-state index in [9.17, 15) is 0 Å². The third-order valence-corrected chi connectivity index (χ3v) is 5.27. The molecular weight excluding hydrogens is 286 g/mol. The lowest BCUT2D eigenvalue weighted by molar-refractivity contribution is 0.0710. The number of hydrogen-bond acceptors (Lipinski definition) is 4. The molecule has 4 nitrogen and oxygen atoms in total. The maximum atomic E-state index is 5.70. The summed E-state index contributed by atoms with van der Waals surface area (Å²) in [7, 11) is 0. The molecule has 0 spiro atoms. The predicted molar refractivity (Wildman–Crippen MR) is 97.8 cm³/mol. The molecule has 0 amide bonds. The summed E-state index contributed by atoms with van der Waals surface area (Å²) in [4.78, 5) is 5.44. The molecule has 2 saturated heterocycles. The van der Waals surface area contributed by atoms with Gasteiger partial charge in [0.25, 0.3) is 0 Å². The Morgan fingerprint density at radius 2 is 1.48 bits per heavy atom. The van der Waals surface area contributed by atoms with E-state index in [1.165, 1.54) is 84.0 Å². The van der Waals surface area contributed by atoms with Gasteiger partial charge in [-0.25, -0.2) is 0 Å². The van der Waals surface area contributed by atoms with E-state index >= 15 is 0 Å². The fraction of sp³-hybridized carbons (Fsp3) is 1.00. The van der Waals surface area contributed by atoms with Crippen LogP contribution in [0.25, 0.3) is 0 Å². The zero-order valence-electron chi connectivity index (χ0n) is 15.4. The lowest BCUT2D eigenvalue weighted by atomic mass is 10.2. The summed E-state index contributed by atoms with van der Waals surface area (Å²) in [5, 5.41) is 3.59. The zero-order chi connectivity index (χ0) is 16.2. The normalized spacial score (nSPS) is 20.1. The van der Waals surface area contributed by atoms with Crippen LogP contribution in [-0.4, -0.2) is 68.4 Å².